The minimum absolute atomic E-state index is 0.0308. The lowest BCUT2D eigenvalue weighted by Gasteiger charge is -2.21. The SMILES string of the molecule is CCOCC(=O)N(C)c1c(C(C)=O)c(C)nn1-c1c(Cl)cc(C(F)(F)F)cc1Cl. The van der Waals surface area contributed by atoms with Gasteiger partial charge in [-0.3, -0.25) is 14.5 Å². The van der Waals surface area contributed by atoms with Crippen LogP contribution in [-0.2, 0) is 15.7 Å². The number of aromatic nitrogens is 2. The minimum atomic E-state index is -4.65. The summed E-state index contributed by atoms with van der Waals surface area (Å²) >= 11 is 12.2. The monoisotopic (exact) mass is 451 g/mol. The molecule has 0 fully saturated rings. The molecule has 0 atom stereocenters. The summed E-state index contributed by atoms with van der Waals surface area (Å²) in [5.74, 6) is -0.850. The molecule has 0 bridgehead atoms. The van der Waals surface area contributed by atoms with E-state index in [0.29, 0.717) is 18.7 Å². The van der Waals surface area contributed by atoms with Crippen LogP contribution >= 0.6 is 23.2 Å². The Kier molecular flexibility index (Phi) is 6.97. The molecule has 6 nitrogen and oxygen atoms in total. The van der Waals surface area contributed by atoms with Crippen molar-refractivity contribution in [3.05, 3.63) is 39.0 Å². The number of nitrogens with zero attached hydrogens (tertiary/aromatic N) is 3. The molecule has 1 aromatic heterocycles. The quantitative estimate of drug-likeness (QED) is 0.596. The number of halogens is 5. The van der Waals surface area contributed by atoms with Crippen LogP contribution in [0.4, 0.5) is 19.0 Å². The predicted molar refractivity (Wildman–Crippen MR) is 103 cm³/mol. The number of aryl methyl sites for hydroxylation is 1. The normalized spacial score (nSPS) is 11.6. The van der Waals surface area contributed by atoms with Crippen LogP contribution in [0.5, 0.6) is 0 Å². The number of hydrogen-bond donors (Lipinski definition) is 0. The van der Waals surface area contributed by atoms with Gasteiger partial charge in [-0.15, -0.1) is 0 Å². The van der Waals surface area contributed by atoms with Gasteiger partial charge in [0.1, 0.15) is 18.1 Å². The third kappa shape index (κ3) is 4.73. The maximum Gasteiger partial charge on any atom is 0.416 e. The molecule has 0 aliphatic carbocycles. The highest BCUT2D eigenvalue weighted by Gasteiger charge is 2.34. The van der Waals surface area contributed by atoms with Crippen molar-refractivity contribution in [2.75, 3.05) is 25.2 Å². The Balaban J connectivity index is 2.73. The number of benzene rings is 1. The number of anilines is 1. The van der Waals surface area contributed by atoms with E-state index in [9.17, 15) is 22.8 Å². The van der Waals surface area contributed by atoms with E-state index in [-0.39, 0.29) is 45.2 Å². The van der Waals surface area contributed by atoms with Gasteiger partial charge in [0.25, 0.3) is 5.91 Å². The van der Waals surface area contributed by atoms with Crippen molar-refractivity contribution in [1.82, 2.24) is 9.78 Å². The zero-order valence-electron chi connectivity index (χ0n) is 16.0. The summed E-state index contributed by atoms with van der Waals surface area (Å²) in [6, 6.07) is 1.41. The number of likely N-dealkylation sites (N-methyl/N-ethyl adjacent to an activating group) is 1. The van der Waals surface area contributed by atoms with E-state index in [1.807, 2.05) is 0 Å². The van der Waals surface area contributed by atoms with Crippen molar-refractivity contribution in [1.29, 1.82) is 0 Å². The maximum atomic E-state index is 13.0. The lowest BCUT2D eigenvalue weighted by molar-refractivity contribution is -0.137. The van der Waals surface area contributed by atoms with Gasteiger partial charge in [0.15, 0.2) is 5.78 Å². The molecule has 0 aliphatic heterocycles. The first-order valence-corrected chi connectivity index (χ1v) is 9.17. The Bertz CT molecular complexity index is 935. The number of alkyl halides is 3. The Morgan fingerprint density at radius 2 is 1.79 bits per heavy atom. The van der Waals surface area contributed by atoms with Gasteiger partial charge >= 0.3 is 6.18 Å². The Morgan fingerprint density at radius 3 is 2.24 bits per heavy atom. The van der Waals surface area contributed by atoms with Crippen LogP contribution in [0.2, 0.25) is 10.0 Å². The van der Waals surface area contributed by atoms with E-state index in [0.717, 1.165) is 9.58 Å². The van der Waals surface area contributed by atoms with E-state index in [4.69, 9.17) is 27.9 Å². The fourth-order valence-corrected chi connectivity index (χ4v) is 3.38. The number of carbonyl (C=O) groups excluding carboxylic acids is 2. The molecule has 0 aliphatic rings. The molecule has 1 aromatic carbocycles. The third-order valence-electron chi connectivity index (χ3n) is 4.07. The van der Waals surface area contributed by atoms with Crippen LogP contribution in [0.1, 0.15) is 35.5 Å². The van der Waals surface area contributed by atoms with Crippen molar-refractivity contribution in [2.45, 2.75) is 26.9 Å². The summed E-state index contributed by atoms with van der Waals surface area (Å²) in [7, 11) is 1.40. The predicted octanol–water partition coefficient (Wildman–Crippen LogP) is 4.71. The highest BCUT2D eigenvalue weighted by molar-refractivity contribution is 6.38. The van der Waals surface area contributed by atoms with Gasteiger partial charge in [-0.1, -0.05) is 23.2 Å². The lowest BCUT2D eigenvalue weighted by Crippen LogP contribution is -2.33. The average molecular weight is 452 g/mol. The third-order valence-corrected chi connectivity index (χ3v) is 4.64. The maximum absolute atomic E-state index is 13.0. The number of hydrogen-bond acceptors (Lipinski definition) is 4. The Labute approximate surface area is 175 Å². The molecule has 1 amide bonds. The number of rotatable bonds is 6. The number of ketones is 1. The summed E-state index contributed by atoms with van der Waals surface area (Å²) in [6.07, 6.45) is -4.65. The van der Waals surface area contributed by atoms with Crippen molar-refractivity contribution in [3.8, 4) is 5.69 Å². The second-order valence-electron chi connectivity index (χ2n) is 6.13. The van der Waals surface area contributed by atoms with E-state index >= 15 is 0 Å². The van der Waals surface area contributed by atoms with Gasteiger partial charge in [0.05, 0.1) is 26.9 Å². The first-order chi connectivity index (χ1) is 13.4. The molecule has 1 heterocycles. The summed E-state index contributed by atoms with van der Waals surface area (Å²) in [5.41, 5.74) is -0.739. The van der Waals surface area contributed by atoms with Gasteiger partial charge in [0, 0.05) is 13.7 Å². The highest BCUT2D eigenvalue weighted by Crippen LogP contribution is 2.39. The molecule has 0 N–H and O–H groups in total. The second kappa shape index (κ2) is 8.73. The Morgan fingerprint density at radius 1 is 1.24 bits per heavy atom. The topological polar surface area (TPSA) is 64.4 Å². The zero-order chi connectivity index (χ0) is 22.1. The molecule has 0 saturated heterocycles. The number of carbonyl (C=O) groups is 2. The van der Waals surface area contributed by atoms with Crippen molar-refractivity contribution in [3.63, 3.8) is 0 Å². The molecular weight excluding hydrogens is 434 g/mol. The smallest absolute Gasteiger partial charge is 0.372 e. The first-order valence-electron chi connectivity index (χ1n) is 8.41. The molecule has 158 valence electrons. The van der Waals surface area contributed by atoms with Crippen LogP contribution in [0.15, 0.2) is 12.1 Å². The number of amides is 1. The number of Topliss-reactive ketones (excluding diaryl/α,β-unsaturated/α-hetero) is 1. The summed E-state index contributed by atoms with van der Waals surface area (Å²) in [4.78, 5) is 25.8. The van der Waals surface area contributed by atoms with Crippen molar-refractivity contribution >= 4 is 40.7 Å². The average Bonchev–Trinajstić information content (AvgIpc) is 2.94. The van der Waals surface area contributed by atoms with Gasteiger partial charge < -0.3 is 4.74 Å². The largest absolute Gasteiger partial charge is 0.416 e. The van der Waals surface area contributed by atoms with Crippen LogP contribution < -0.4 is 4.90 Å². The molecule has 29 heavy (non-hydrogen) atoms. The van der Waals surface area contributed by atoms with Crippen LogP contribution in [0.25, 0.3) is 5.69 Å². The Hall–Kier alpha value is -2.10. The molecule has 0 unspecified atom stereocenters. The van der Waals surface area contributed by atoms with Crippen molar-refractivity contribution < 1.29 is 27.5 Å². The van der Waals surface area contributed by atoms with Gasteiger partial charge in [-0.25, -0.2) is 4.68 Å². The van der Waals surface area contributed by atoms with E-state index in [1.54, 1.807) is 6.92 Å². The van der Waals surface area contributed by atoms with E-state index in [1.165, 1.54) is 20.9 Å². The van der Waals surface area contributed by atoms with Crippen LogP contribution in [0.3, 0.4) is 0 Å². The van der Waals surface area contributed by atoms with Crippen LogP contribution in [-0.4, -0.2) is 41.7 Å². The molecule has 2 aromatic rings. The molecule has 0 radical (unpaired) electrons. The zero-order valence-corrected chi connectivity index (χ0v) is 17.5. The summed E-state index contributed by atoms with van der Waals surface area (Å²) in [5, 5.41) is 3.53. The highest BCUT2D eigenvalue weighted by atomic mass is 35.5. The molecule has 11 heteroatoms. The fraction of sp³-hybridized carbons (Fsp3) is 0.389. The first kappa shape index (κ1) is 23.2. The summed E-state index contributed by atoms with van der Waals surface area (Å²) < 4.78 is 45.3. The standard InChI is InChI=1S/C18H18Cl2F3N3O3/c1-5-29-8-14(28)25(4)17-15(10(3)27)9(2)24-26(17)16-12(19)6-11(7-13(16)20)18(21,22)23/h6-7H,5,8H2,1-4H3. The van der Waals surface area contributed by atoms with Crippen molar-refractivity contribution in [2.24, 2.45) is 0 Å². The second-order valence-corrected chi connectivity index (χ2v) is 6.94. The molecular formula is C18H18Cl2F3N3O3. The van der Waals surface area contributed by atoms with Gasteiger partial charge in [-0.05, 0) is 32.9 Å². The molecule has 0 spiro atoms. The van der Waals surface area contributed by atoms with Crippen LogP contribution in [0, 0.1) is 6.92 Å². The lowest BCUT2D eigenvalue weighted by atomic mass is 10.1. The van der Waals surface area contributed by atoms with Gasteiger partial charge in [0.2, 0.25) is 0 Å². The number of ether oxygens (including phenoxy) is 1. The minimum Gasteiger partial charge on any atom is -0.372 e. The fourth-order valence-electron chi connectivity index (χ4n) is 2.73. The summed E-state index contributed by atoms with van der Waals surface area (Å²) in [6.45, 7) is 4.57. The van der Waals surface area contributed by atoms with Gasteiger partial charge in [-0.2, -0.15) is 18.3 Å². The molecule has 0 saturated carbocycles. The molecule has 2 rings (SSSR count). The van der Waals surface area contributed by atoms with E-state index < -0.39 is 17.6 Å². The van der Waals surface area contributed by atoms with E-state index in [2.05, 4.69) is 5.10 Å².